The van der Waals surface area contributed by atoms with E-state index in [1.165, 1.54) is 12.3 Å². The van der Waals surface area contributed by atoms with Gasteiger partial charge in [-0.05, 0) is 41.8 Å². The lowest BCUT2D eigenvalue weighted by Crippen LogP contribution is -2.07. The van der Waals surface area contributed by atoms with Crippen LogP contribution in [0.5, 0.6) is 5.75 Å². The normalized spacial score (nSPS) is 11.5. The van der Waals surface area contributed by atoms with Crippen molar-refractivity contribution < 1.29 is 22.7 Å². The molecule has 0 fully saturated rings. The standard InChI is InChI=1S/C31H22F3NO2/c1-20-7-4-8-21(15-20)19-37-24-11-5-10-22(16-24)29-26-13-6-14-28(31(32,33)34)30(26)35-17-27(29)25-12-3-2-9-23(25)18-36/h2-18H,19H2,1H3. The van der Waals surface area contributed by atoms with E-state index in [0.29, 0.717) is 45.6 Å². The van der Waals surface area contributed by atoms with Crippen LogP contribution in [0.15, 0.2) is 97.2 Å². The number of para-hydroxylation sites is 1. The number of aldehydes is 1. The van der Waals surface area contributed by atoms with Crippen LogP contribution in [0.25, 0.3) is 33.2 Å². The molecule has 6 heteroatoms. The first kappa shape index (κ1) is 24.3. The van der Waals surface area contributed by atoms with Gasteiger partial charge in [-0.15, -0.1) is 0 Å². The van der Waals surface area contributed by atoms with Crippen molar-refractivity contribution in [2.75, 3.05) is 0 Å². The Hall–Kier alpha value is -4.45. The second-order valence-corrected chi connectivity index (χ2v) is 8.76. The van der Waals surface area contributed by atoms with Crippen LogP contribution in [0, 0.1) is 6.92 Å². The van der Waals surface area contributed by atoms with E-state index in [4.69, 9.17) is 4.74 Å². The van der Waals surface area contributed by atoms with E-state index in [1.54, 1.807) is 42.5 Å². The number of pyridine rings is 1. The third-order valence-corrected chi connectivity index (χ3v) is 6.19. The van der Waals surface area contributed by atoms with Crippen LogP contribution in [-0.4, -0.2) is 11.3 Å². The summed E-state index contributed by atoms with van der Waals surface area (Å²) < 4.78 is 47.6. The van der Waals surface area contributed by atoms with E-state index in [1.807, 2.05) is 43.3 Å². The molecular formula is C31H22F3NO2. The van der Waals surface area contributed by atoms with Crippen molar-refractivity contribution in [3.63, 3.8) is 0 Å². The number of nitrogens with zero attached hydrogens (tertiary/aromatic N) is 1. The van der Waals surface area contributed by atoms with E-state index >= 15 is 0 Å². The quantitative estimate of drug-likeness (QED) is 0.222. The first-order valence-corrected chi connectivity index (χ1v) is 11.7. The highest BCUT2D eigenvalue weighted by Gasteiger charge is 2.34. The van der Waals surface area contributed by atoms with Gasteiger partial charge in [-0.1, -0.05) is 78.4 Å². The Labute approximate surface area is 212 Å². The largest absolute Gasteiger partial charge is 0.489 e. The molecule has 0 aliphatic carbocycles. The number of rotatable bonds is 6. The highest BCUT2D eigenvalue weighted by atomic mass is 19.4. The fraction of sp³-hybridized carbons (Fsp3) is 0.0968. The highest BCUT2D eigenvalue weighted by Crippen LogP contribution is 2.42. The zero-order chi connectivity index (χ0) is 26.0. The number of alkyl halides is 3. The topological polar surface area (TPSA) is 39.2 Å². The van der Waals surface area contributed by atoms with E-state index in [-0.39, 0.29) is 5.52 Å². The average Bonchev–Trinajstić information content (AvgIpc) is 2.90. The van der Waals surface area contributed by atoms with Crippen molar-refractivity contribution in [2.45, 2.75) is 19.7 Å². The maximum absolute atomic E-state index is 13.8. The zero-order valence-corrected chi connectivity index (χ0v) is 19.9. The summed E-state index contributed by atoms with van der Waals surface area (Å²) in [5.41, 5.74) is 3.94. The Bertz CT molecular complexity index is 1610. The van der Waals surface area contributed by atoms with Gasteiger partial charge in [0, 0.05) is 28.3 Å². The third-order valence-electron chi connectivity index (χ3n) is 6.19. The predicted octanol–water partition coefficient (Wildman–Crippen LogP) is 8.29. The number of carbonyl (C=O) groups is 1. The number of halogens is 3. The molecule has 0 saturated carbocycles. The smallest absolute Gasteiger partial charge is 0.418 e. The Balaban J connectivity index is 1.69. The molecule has 1 heterocycles. The highest BCUT2D eigenvalue weighted by molar-refractivity contribution is 6.05. The van der Waals surface area contributed by atoms with Gasteiger partial charge in [0.05, 0.1) is 11.1 Å². The van der Waals surface area contributed by atoms with Crippen LogP contribution in [0.4, 0.5) is 13.2 Å². The monoisotopic (exact) mass is 497 g/mol. The summed E-state index contributed by atoms with van der Waals surface area (Å²) in [6, 6.07) is 26.2. The third kappa shape index (κ3) is 4.96. The van der Waals surface area contributed by atoms with Gasteiger partial charge in [-0.2, -0.15) is 13.2 Å². The number of fused-ring (bicyclic) bond motifs is 1. The summed E-state index contributed by atoms with van der Waals surface area (Å²) in [4.78, 5) is 16.0. The Morgan fingerprint density at radius 3 is 2.43 bits per heavy atom. The SMILES string of the molecule is Cc1cccc(COc2cccc(-c3c(-c4ccccc4C=O)cnc4c(C(F)(F)F)cccc34)c2)c1. The Morgan fingerprint density at radius 2 is 1.65 bits per heavy atom. The summed E-state index contributed by atoms with van der Waals surface area (Å²) in [5.74, 6) is 0.575. The van der Waals surface area contributed by atoms with Crippen molar-refractivity contribution in [3.05, 3.63) is 119 Å². The van der Waals surface area contributed by atoms with Gasteiger partial charge in [0.25, 0.3) is 0 Å². The molecule has 0 aliphatic rings. The second-order valence-electron chi connectivity index (χ2n) is 8.76. The molecule has 5 rings (SSSR count). The number of benzene rings is 4. The van der Waals surface area contributed by atoms with Crippen LogP contribution in [0.2, 0.25) is 0 Å². The van der Waals surface area contributed by atoms with Gasteiger partial charge in [0.15, 0.2) is 6.29 Å². The molecule has 0 N–H and O–H groups in total. The molecule has 4 aromatic carbocycles. The maximum atomic E-state index is 13.8. The van der Waals surface area contributed by atoms with Crippen LogP contribution in [-0.2, 0) is 12.8 Å². The molecule has 0 bridgehead atoms. The molecule has 5 aromatic rings. The molecule has 0 atom stereocenters. The minimum Gasteiger partial charge on any atom is -0.489 e. The molecule has 0 amide bonds. The minimum atomic E-state index is -4.56. The molecular weight excluding hydrogens is 475 g/mol. The first-order valence-electron chi connectivity index (χ1n) is 11.7. The van der Waals surface area contributed by atoms with Crippen molar-refractivity contribution >= 4 is 17.2 Å². The Morgan fingerprint density at radius 1 is 0.865 bits per heavy atom. The fourth-order valence-electron chi connectivity index (χ4n) is 4.52. The van der Waals surface area contributed by atoms with Gasteiger partial charge < -0.3 is 4.74 Å². The lowest BCUT2D eigenvalue weighted by Gasteiger charge is -2.18. The molecule has 0 spiro atoms. The lowest BCUT2D eigenvalue weighted by molar-refractivity contribution is -0.136. The molecule has 3 nitrogen and oxygen atoms in total. The van der Waals surface area contributed by atoms with Crippen molar-refractivity contribution in [2.24, 2.45) is 0 Å². The summed E-state index contributed by atoms with van der Waals surface area (Å²) >= 11 is 0. The minimum absolute atomic E-state index is 0.150. The fourth-order valence-corrected chi connectivity index (χ4v) is 4.52. The number of aryl methyl sites for hydroxylation is 1. The molecule has 37 heavy (non-hydrogen) atoms. The Kier molecular flexibility index (Phi) is 6.49. The molecule has 0 radical (unpaired) electrons. The molecule has 0 unspecified atom stereocenters. The van der Waals surface area contributed by atoms with Crippen molar-refractivity contribution in [1.82, 2.24) is 4.98 Å². The van der Waals surface area contributed by atoms with Crippen LogP contribution in [0.3, 0.4) is 0 Å². The van der Waals surface area contributed by atoms with E-state index < -0.39 is 11.7 Å². The second kappa shape index (κ2) is 9.90. The molecule has 184 valence electrons. The van der Waals surface area contributed by atoms with E-state index in [0.717, 1.165) is 23.5 Å². The lowest BCUT2D eigenvalue weighted by atomic mass is 9.90. The number of hydrogen-bond acceptors (Lipinski definition) is 3. The van der Waals surface area contributed by atoms with Crippen LogP contribution >= 0.6 is 0 Å². The van der Waals surface area contributed by atoms with Crippen LogP contribution < -0.4 is 4.74 Å². The van der Waals surface area contributed by atoms with Gasteiger partial charge in [0.1, 0.15) is 12.4 Å². The predicted molar refractivity (Wildman–Crippen MR) is 139 cm³/mol. The zero-order valence-electron chi connectivity index (χ0n) is 19.9. The van der Waals surface area contributed by atoms with Crippen molar-refractivity contribution in [1.29, 1.82) is 0 Å². The number of ether oxygens (including phenoxy) is 1. The van der Waals surface area contributed by atoms with Crippen molar-refractivity contribution in [3.8, 4) is 28.0 Å². The van der Waals surface area contributed by atoms with Crippen LogP contribution in [0.1, 0.15) is 27.0 Å². The van der Waals surface area contributed by atoms with Gasteiger partial charge >= 0.3 is 6.18 Å². The average molecular weight is 498 g/mol. The summed E-state index contributed by atoms with van der Waals surface area (Å²) in [7, 11) is 0. The van der Waals surface area contributed by atoms with Gasteiger partial charge in [-0.25, -0.2) is 0 Å². The molecule has 1 aromatic heterocycles. The number of aromatic nitrogens is 1. The van der Waals surface area contributed by atoms with Gasteiger partial charge in [0.2, 0.25) is 0 Å². The molecule has 0 aliphatic heterocycles. The first-order chi connectivity index (χ1) is 17.8. The van der Waals surface area contributed by atoms with E-state index in [9.17, 15) is 18.0 Å². The van der Waals surface area contributed by atoms with E-state index in [2.05, 4.69) is 4.98 Å². The molecule has 0 saturated heterocycles. The summed E-state index contributed by atoms with van der Waals surface area (Å²) in [6.07, 6.45) is -2.42. The number of hydrogen-bond donors (Lipinski definition) is 0. The number of carbonyl (C=O) groups excluding carboxylic acids is 1. The summed E-state index contributed by atoms with van der Waals surface area (Å²) in [5, 5.41) is 0.337. The summed E-state index contributed by atoms with van der Waals surface area (Å²) in [6.45, 7) is 2.36. The van der Waals surface area contributed by atoms with Gasteiger partial charge in [-0.3, -0.25) is 9.78 Å². The maximum Gasteiger partial charge on any atom is 0.418 e.